The average Bonchev–Trinajstić information content (AvgIpc) is 3.77. The van der Waals surface area contributed by atoms with Gasteiger partial charge in [0, 0.05) is 32.5 Å². The first-order chi connectivity index (χ1) is 29.2. The third kappa shape index (κ3) is 8.65. The molecule has 0 bridgehead atoms. The van der Waals surface area contributed by atoms with E-state index >= 15 is 0 Å². The third-order valence-corrected chi connectivity index (χ3v) is 14.6. The molecule has 8 aromatic carbocycles. The van der Waals surface area contributed by atoms with Gasteiger partial charge in [-0.1, -0.05) is 195 Å². The van der Waals surface area contributed by atoms with E-state index in [1.54, 1.807) is 0 Å². The monoisotopic (exact) mass is 781 g/mol. The molecule has 1 fully saturated rings. The van der Waals surface area contributed by atoms with E-state index in [1.807, 2.05) is 0 Å². The summed E-state index contributed by atoms with van der Waals surface area (Å²) in [4.78, 5) is 0. The smallest absolute Gasteiger partial charge is 0.0285 e. The van der Waals surface area contributed by atoms with Gasteiger partial charge in [-0.15, -0.1) is 0 Å². The fourth-order valence-corrected chi connectivity index (χ4v) is 12.2. The largest absolute Gasteiger partial charge is 0.271 e. The van der Waals surface area contributed by atoms with Crippen molar-refractivity contribution in [1.82, 2.24) is 4.67 Å². The first-order valence-corrected chi connectivity index (χ1v) is 22.7. The average molecular weight is 782 g/mol. The molecule has 0 amide bonds. The van der Waals surface area contributed by atoms with E-state index in [1.165, 1.54) is 79.1 Å². The summed E-state index contributed by atoms with van der Waals surface area (Å²) < 4.78 is 3.03. The maximum Gasteiger partial charge on any atom is 0.0285 e. The molecule has 9 rings (SSSR count). The topological polar surface area (TPSA) is 3.24 Å². The highest BCUT2D eigenvalue weighted by atomic mass is 31.1. The molecule has 0 radical (unpaired) electrons. The van der Waals surface area contributed by atoms with Crippen LogP contribution in [0.4, 0.5) is 0 Å². The zero-order chi connectivity index (χ0) is 39.8. The summed E-state index contributed by atoms with van der Waals surface area (Å²) >= 11 is 0. The standard InChI is InChI=1S/C57H52NP/c1-2-3-36-58(57-55(47-30-18-8-19-31-47)34-35-56(57)48-32-20-9-21-33-48)59(53-39-49(43-22-10-4-11-23-43)37-50(40-53)44-24-12-5-13-25-44)54-41-51(45-26-14-6-15-27-45)38-52(42-54)46-28-16-7-17-29-46/h4-33,37-42,55-57H,2-3,34-36H2,1H3/t55-,56-/m1/s1. The van der Waals surface area contributed by atoms with Crippen molar-refractivity contribution in [2.24, 2.45) is 0 Å². The van der Waals surface area contributed by atoms with E-state index in [2.05, 4.69) is 230 Å². The Bertz CT molecular complexity index is 2250. The normalized spacial score (nSPS) is 15.5. The highest BCUT2D eigenvalue weighted by Gasteiger charge is 2.44. The summed E-state index contributed by atoms with van der Waals surface area (Å²) in [6.45, 7) is 3.37. The second-order valence-corrected chi connectivity index (χ2v) is 18.1. The summed E-state index contributed by atoms with van der Waals surface area (Å²) in [6, 6.07) is 82.1. The minimum Gasteiger partial charge on any atom is -0.271 e. The van der Waals surface area contributed by atoms with Gasteiger partial charge in [-0.2, -0.15) is 0 Å². The first-order valence-electron chi connectivity index (χ1n) is 21.4. The Hall–Kier alpha value is -5.85. The van der Waals surface area contributed by atoms with E-state index in [4.69, 9.17) is 0 Å². The molecule has 0 aliphatic heterocycles. The van der Waals surface area contributed by atoms with Crippen molar-refractivity contribution >= 4 is 18.7 Å². The summed E-state index contributed by atoms with van der Waals surface area (Å²) in [5.74, 6) is 0.806. The SMILES string of the molecule is CCCCN(C1[C@@H](c2ccccc2)CC[C@@H]1c1ccccc1)P(c1cc(-c2ccccc2)cc(-c2ccccc2)c1)c1cc(-c2ccccc2)cc(-c2ccccc2)c1. The fourth-order valence-electron chi connectivity index (χ4n) is 9.33. The lowest BCUT2D eigenvalue weighted by Crippen LogP contribution is -2.42. The zero-order valence-electron chi connectivity index (χ0n) is 33.9. The molecule has 1 saturated carbocycles. The van der Waals surface area contributed by atoms with E-state index in [0.717, 1.165) is 19.4 Å². The summed E-state index contributed by atoms with van der Waals surface area (Å²) in [7, 11) is -1.06. The Morgan fingerprint density at radius 2 is 0.695 bits per heavy atom. The second-order valence-electron chi connectivity index (χ2n) is 15.9. The molecule has 0 saturated heterocycles. The molecule has 0 spiro atoms. The fraction of sp³-hybridized carbons (Fsp3) is 0.158. The highest BCUT2D eigenvalue weighted by molar-refractivity contribution is 7.70. The van der Waals surface area contributed by atoms with Crippen molar-refractivity contribution in [1.29, 1.82) is 0 Å². The Kier molecular flexibility index (Phi) is 12.0. The summed E-state index contributed by atoms with van der Waals surface area (Å²) in [6.07, 6.45) is 4.60. The van der Waals surface area contributed by atoms with Crippen LogP contribution in [0.15, 0.2) is 218 Å². The zero-order valence-corrected chi connectivity index (χ0v) is 34.8. The van der Waals surface area contributed by atoms with Crippen molar-refractivity contribution in [2.45, 2.75) is 50.5 Å². The lowest BCUT2D eigenvalue weighted by Gasteiger charge is -2.43. The second kappa shape index (κ2) is 18.4. The molecule has 0 aromatic heterocycles. The van der Waals surface area contributed by atoms with Gasteiger partial charge in [0.15, 0.2) is 0 Å². The van der Waals surface area contributed by atoms with Gasteiger partial charge in [0.2, 0.25) is 0 Å². The van der Waals surface area contributed by atoms with Crippen LogP contribution in [-0.2, 0) is 0 Å². The number of nitrogens with zero attached hydrogens (tertiary/aromatic N) is 1. The van der Waals surface area contributed by atoms with E-state index < -0.39 is 8.07 Å². The number of hydrogen-bond acceptors (Lipinski definition) is 1. The molecule has 290 valence electrons. The molecule has 0 unspecified atom stereocenters. The molecule has 2 atom stereocenters. The summed E-state index contributed by atoms with van der Waals surface area (Å²) in [5, 5.41) is 2.79. The minimum atomic E-state index is -1.06. The molecule has 1 aliphatic rings. The van der Waals surface area contributed by atoms with Crippen molar-refractivity contribution in [3.63, 3.8) is 0 Å². The Morgan fingerprint density at radius 3 is 1.00 bits per heavy atom. The van der Waals surface area contributed by atoms with E-state index in [9.17, 15) is 0 Å². The Morgan fingerprint density at radius 1 is 0.390 bits per heavy atom. The van der Waals surface area contributed by atoms with Gasteiger partial charge in [0.05, 0.1) is 0 Å². The molecule has 8 aromatic rings. The van der Waals surface area contributed by atoms with Crippen LogP contribution >= 0.6 is 8.07 Å². The van der Waals surface area contributed by atoms with Crippen molar-refractivity contribution in [3.8, 4) is 44.5 Å². The Labute approximate surface area is 352 Å². The van der Waals surface area contributed by atoms with Crippen molar-refractivity contribution < 1.29 is 0 Å². The maximum absolute atomic E-state index is 3.03. The minimum absolute atomic E-state index is 0.304. The van der Waals surface area contributed by atoms with Gasteiger partial charge in [0.1, 0.15) is 0 Å². The van der Waals surface area contributed by atoms with Gasteiger partial charge < -0.3 is 0 Å². The Balaban J connectivity index is 1.34. The van der Waals surface area contributed by atoms with Crippen LogP contribution in [0.1, 0.15) is 55.6 Å². The van der Waals surface area contributed by atoms with Gasteiger partial charge >= 0.3 is 0 Å². The highest BCUT2D eigenvalue weighted by Crippen LogP contribution is 2.54. The molecular weight excluding hydrogens is 730 g/mol. The van der Waals surface area contributed by atoms with Gasteiger partial charge in [-0.25, -0.2) is 0 Å². The van der Waals surface area contributed by atoms with Crippen LogP contribution in [0.25, 0.3) is 44.5 Å². The quantitative estimate of drug-likeness (QED) is 0.105. The number of rotatable bonds is 13. The molecule has 59 heavy (non-hydrogen) atoms. The van der Waals surface area contributed by atoms with E-state index in [-0.39, 0.29) is 0 Å². The molecule has 2 heteroatoms. The van der Waals surface area contributed by atoms with E-state index in [0.29, 0.717) is 17.9 Å². The van der Waals surface area contributed by atoms with Gasteiger partial charge in [-0.3, -0.25) is 4.67 Å². The lowest BCUT2D eigenvalue weighted by molar-refractivity contribution is 0.296. The van der Waals surface area contributed by atoms with Crippen LogP contribution in [0, 0.1) is 0 Å². The molecule has 0 N–H and O–H groups in total. The first kappa shape index (κ1) is 38.7. The molecule has 0 heterocycles. The van der Waals surface area contributed by atoms with Gasteiger partial charge in [0.25, 0.3) is 0 Å². The predicted molar refractivity (Wildman–Crippen MR) is 254 cm³/mol. The maximum atomic E-state index is 3.03. The van der Waals surface area contributed by atoms with Crippen molar-refractivity contribution in [2.75, 3.05) is 6.54 Å². The van der Waals surface area contributed by atoms with Crippen LogP contribution in [0.2, 0.25) is 0 Å². The summed E-state index contributed by atoms with van der Waals surface area (Å²) in [5.41, 5.74) is 12.9. The molecule has 1 nitrogen and oxygen atoms in total. The number of hydrogen-bond donors (Lipinski definition) is 0. The van der Waals surface area contributed by atoms with Crippen LogP contribution in [-0.4, -0.2) is 17.3 Å². The number of benzene rings is 8. The van der Waals surface area contributed by atoms with Crippen LogP contribution in [0.3, 0.4) is 0 Å². The van der Waals surface area contributed by atoms with Crippen LogP contribution < -0.4 is 10.6 Å². The lowest BCUT2D eigenvalue weighted by atomic mass is 9.87. The molecule has 1 aliphatic carbocycles. The number of unbranched alkanes of at least 4 members (excludes halogenated alkanes) is 1. The van der Waals surface area contributed by atoms with Gasteiger partial charge in [-0.05, 0) is 122 Å². The van der Waals surface area contributed by atoms with Crippen LogP contribution in [0.5, 0.6) is 0 Å². The predicted octanol–water partition coefficient (Wildman–Crippen LogP) is 14.5. The third-order valence-electron chi connectivity index (χ3n) is 12.2. The molecular formula is C57H52NP. The van der Waals surface area contributed by atoms with Crippen molar-refractivity contribution in [3.05, 3.63) is 230 Å².